The molecular formula is C20H26ClNO. The van der Waals surface area contributed by atoms with Gasteiger partial charge in [0.25, 0.3) is 0 Å². The second-order valence-corrected chi connectivity index (χ2v) is 6.24. The molecule has 1 atom stereocenters. The van der Waals surface area contributed by atoms with Gasteiger partial charge >= 0.3 is 0 Å². The lowest BCUT2D eigenvalue weighted by molar-refractivity contribution is 0.279. The first kappa shape index (κ1) is 17.8. The molecule has 3 heteroatoms. The first-order chi connectivity index (χ1) is 10.8. The van der Waals surface area contributed by atoms with E-state index in [1.807, 2.05) is 30.3 Å². The van der Waals surface area contributed by atoms with Crippen molar-refractivity contribution in [2.24, 2.45) is 11.7 Å². The van der Waals surface area contributed by atoms with E-state index >= 15 is 0 Å². The fourth-order valence-corrected chi connectivity index (χ4v) is 3.37. The SMILES string of the molecule is Cl.N[C@@H](c1ccccc1OCc1ccccc1)C1CCCCC1. The van der Waals surface area contributed by atoms with Crippen LogP contribution in [0.3, 0.4) is 0 Å². The largest absolute Gasteiger partial charge is 0.489 e. The van der Waals surface area contributed by atoms with Crippen molar-refractivity contribution in [1.29, 1.82) is 0 Å². The molecule has 0 saturated heterocycles. The van der Waals surface area contributed by atoms with Crippen LogP contribution in [-0.2, 0) is 6.61 Å². The van der Waals surface area contributed by atoms with E-state index in [1.54, 1.807) is 0 Å². The Morgan fingerprint density at radius 3 is 2.30 bits per heavy atom. The lowest BCUT2D eigenvalue weighted by Crippen LogP contribution is -2.24. The minimum atomic E-state index is 0. The van der Waals surface area contributed by atoms with E-state index in [0.717, 1.165) is 11.3 Å². The molecule has 0 spiro atoms. The Hall–Kier alpha value is -1.51. The Kier molecular flexibility index (Phi) is 6.94. The lowest BCUT2D eigenvalue weighted by Gasteiger charge is -2.28. The Morgan fingerprint density at radius 1 is 0.913 bits per heavy atom. The molecule has 0 aromatic heterocycles. The number of nitrogens with two attached hydrogens (primary N) is 1. The summed E-state index contributed by atoms with van der Waals surface area (Å²) in [5, 5.41) is 0. The van der Waals surface area contributed by atoms with Gasteiger partial charge in [0, 0.05) is 11.6 Å². The minimum absolute atomic E-state index is 0. The zero-order valence-corrected chi connectivity index (χ0v) is 14.3. The summed E-state index contributed by atoms with van der Waals surface area (Å²) < 4.78 is 6.06. The van der Waals surface area contributed by atoms with Gasteiger partial charge in [-0.15, -0.1) is 12.4 Å². The molecule has 0 radical (unpaired) electrons. The van der Waals surface area contributed by atoms with E-state index in [2.05, 4.69) is 24.3 Å². The van der Waals surface area contributed by atoms with Crippen LogP contribution in [0, 0.1) is 5.92 Å². The predicted molar refractivity (Wildman–Crippen MR) is 98.0 cm³/mol. The summed E-state index contributed by atoms with van der Waals surface area (Å²) >= 11 is 0. The van der Waals surface area contributed by atoms with Gasteiger partial charge < -0.3 is 10.5 Å². The summed E-state index contributed by atoms with van der Waals surface area (Å²) in [5.41, 5.74) is 8.90. The third kappa shape index (κ3) is 4.73. The van der Waals surface area contributed by atoms with Gasteiger partial charge in [0.15, 0.2) is 0 Å². The molecule has 124 valence electrons. The molecule has 0 amide bonds. The number of hydrogen-bond acceptors (Lipinski definition) is 2. The molecule has 1 aliphatic carbocycles. The molecular weight excluding hydrogens is 306 g/mol. The Morgan fingerprint density at radius 2 is 1.57 bits per heavy atom. The molecule has 0 unspecified atom stereocenters. The quantitative estimate of drug-likeness (QED) is 0.810. The molecule has 2 aromatic carbocycles. The predicted octanol–water partition coefficient (Wildman–Crippen LogP) is 5.27. The molecule has 2 nitrogen and oxygen atoms in total. The maximum atomic E-state index is 6.56. The van der Waals surface area contributed by atoms with Crippen LogP contribution in [0.4, 0.5) is 0 Å². The monoisotopic (exact) mass is 331 g/mol. The van der Waals surface area contributed by atoms with Crippen molar-refractivity contribution in [2.45, 2.75) is 44.8 Å². The van der Waals surface area contributed by atoms with E-state index in [0.29, 0.717) is 12.5 Å². The molecule has 2 aromatic rings. The maximum Gasteiger partial charge on any atom is 0.124 e. The molecule has 23 heavy (non-hydrogen) atoms. The summed E-state index contributed by atoms with van der Waals surface area (Å²) in [6, 6.07) is 18.6. The van der Waals surface area contributed by atoms with Gasteiger partial charge in [-0.25, -0.2) is 0 Å². The first-order valence-corrected chi connectivity index (χ1v) is 8.36. The number of para-hydroxylation sites is 1. The standard InChI is InChI=1S/C20H25NO.ClH/c21-20(17-11-5-2-6-12-17)18-13-7-8-14-19(18)22-15-16-9-3-1-4-10-16;/h1,3-4,7-10,13-14,17,20H,2,5-6,11-12,15,21H2;1H/t20-;/m1./s1. The molecule has 0 heterocycles. The molecule has 0 bridgehead atoms. The highest BCUT2D eigenvalue weighted by Crippen LogP contribution is 2.36. The first-order valence-electron chi connectivity index (χ1n) is 8.36. The summed E-state index contributed by atoms with van der Waals surface area (Å²) in [7, 11) is 0. The Labute approximate surface area is 145 Å². The third-order valence-corrected chi connectivity index (χ3v) is 4.67. The van der Waals surface area contributed by atoms with Crippen molar-refractivity contribution in [3.8, 4) is 5.75 Å². The third-order valence-electron chi connectivity index (χ3n) is 4.67. The number of hydrogen-bond donors (Lipinski definition) is 1. The van der Waals surface area contributed by atoms with Gasteiger partial charge in [0.1, 0.15) is 12.4 Å². The highest BCUT2D eigenvalue weighted by molar-refractivity contribution is 5.85. The number of benzene rings is 2. The van der Waals surface area contributed by atoms with Crippen molar-refractivity contribution < 1.29 is 4.74 Å². The van der Waals surface area contributed by atoms with Crippen LogP contribution < -0.4 is 10.5 Å². The van der Waals surface area contributed by atoms with Crippen molar-refractivity contribution >= 4 is 12.4 Å². The second kappa shape index (κ2) is 8.95. The zero-order chi connectivity index (χ0) is 15.2. The number of ether oxygens (including phenoxy) is 1. The Balaban J connectivity index is 0.00000192. The Bertz CT molecular complexity index is 581. The van der Waals surface area contributed by atoms with E-state index in [4.69, 9.17) is 10.5 Å². The smallest absolute Gasteiger partial charge is 0.124 e. The average Bonchev–Trinajstić information content (AvgIpc) is 2.61. The van der Waals surface area contributed by atoms with Gasteiger partial charge in [-0.3, -0.25) is 0 Å². The van der Waals surface area contributed by atoms with Crippen LogP contribution >= 0.6 is 12.4 Å². The van der Waals surface area contributed by atoms with E-state index in [-0.39, 0.29) is 18.4 Å². The van der Waals surface area contributed by atoms with Crippen molar-refractivity contribution in [3.05, 3.63) is 65.7 Å². The van der Waals surface area contributed by atoms with Crippen molar-refractivity contribution in [3.63, 3.8) is 0 Å². The van der Waals surface area contributed by atoms with Gasteiger partial charge in [-0.2, -0.15) is 0 Å². The average molecular weight is 332 g/mol. The van der Waals surface area contributed by atoms with Crippen LogP contribution in [0.2, 0.25) is 0 Å². The van der Waals surface area contributed by atoms with Gasteiger partial charge in [-0.05, 0) is 30.4 Å². The molecule has 0 aliphatic heterocycles. The van der Waals surface area contributed by atoms with Crippen LogP contribution in [0.15, 0.2) is 54.6 Å². The highest BCUT2D eigenvalue weighted by Gasteiger charge is 2.24. The lowest BCUT2D eigenvalue weighted by atomic mass is 9.81. The molecule has 1 fully saturated rings. The van der Waals surface area contributed by atoms with Crippen molar-refractivity contribution in [1.82, 2.24) is 0 Å². The number of halogens is 1. The van der Waals surface area contributed by atoms with Crippen LogP contribution in [0.1, 0.15) is 49.3 Å². The highest BCUT2D eigenvalue weighted by atomic mass is 35.5. The van der Waals surface area contributed by atoms with Gasteiger partial charge in [0.05, 0.1) is 0 Å². The van der Waals surface area contributed by atoms with Crippen LogP contribution in [0.25, 0.3) is 0 Å². The van der Waals surface area contributed by atoms with Gasteiger partial charge in [0.2, 0.25) is 0 Å². The van der Waals surface area contributed by atoms with Gasteiger partial charge in [-0.1, -0.05) is 67.8 Å². The number of rotatable bonds is 5. The van der Waals surface area contributed by atoms with E-state index in [9.17, 15) is 0 Å². The topological polar surface area (TPSA) is 35.2 Å². The molecule has 1 saturated carbocycles. The van der Waals surface area contributed by atoms with Crippen LogP contribution in [0.5, 0.6) is 5.75 Å². The van der Waals surface area contributed by atoms with Crippen molar-refractivity contribution in [2.75, 3.05) is 0 Å². The molecule has 3 rings (SSSR count). The summed E-state index contributed by atoms with van der Waals surface area (Å²) in [4.78, 5) is 0. The fraction of sp³-hybridized carbons (Fsp3) is 0.400. The summed E-state index contributed by atoms with van der Waals surface area (Å²) in [5.74, 6) is 1.53. The summed E-state index contributed by atoms with van der Waals surface area (Å²) in [6.07, 6.45) is 6.47. The molecule has 1 aliphatic rings. The molecule has 2 N–H and O–H groups in total. The second-order valence-electron chi connectivity index (χ2n) is 6.24. The summed E-state index contributed by atoms with van der Waals surface area (Å²) in [6.45, 7) is 0.592. The van der Waals surface area contributed by atoms with E-state index in [1.165, 1.54) is 37.7 Å². The van der Waals surface area contributed by atoms with Crippen LogP contribution in [-0.4, -0.2) is 0 Å². The minimum Gasteiger partial charge on any atom is -0.489 e. The maximum absolute atomic E-state index is 6.56. The fourth-order valence-electron chi connectivity index (χ4n) is 3.37. The van der Waals surface area contributed by atoms with E-state index < -0.39 is 0 Å². The zero-order valence-electron chi connectivity index (χ0n) is 13.5. The normalized spacial score (nSPS) is 16.4.